The first kappa shape index (κ1) is 26.8. The van der Waals surface area contributed by atoms with Gasteiger partial charge in [0.2, 0.25) is 0 Å². The van der Waals surface area contributed by atoms with Crippen molar-refractivity contribution in [2.45, 2.75) is 37.2 Å². The summed E-state index contributed by atoms with van der Waals surface area (Å²) in [4.78, 5) is 18.5. The van der Waals surface area contributed by atoms with Crippen LogP contribution in [0.25, 0.3) is 22.2 Å². The van der Waals surface area contributed by atoms with E-state index in [2.05, 4.69) is 33.4 Å². The van der Waals surface area contributed by atoms with Gasteiger partial charge in [-0.2, -0.15) is 13.7 Å². The highest BCUT2D eigenvalue weighted by Gasteiger charge is 2.30. The minimum atomic E-state index is -4.28. The second-order valence-corrected chi connectivity index (χ2v) is 11.2. The number of amides is 1. The number of hydrogen-bond acceptors (Lipinski definition) is 6. The highest BCUT2D eigenvalue weighted by atomic mass is 35.5. The van der Waals surface area contributed by atoms with Gasteiger partial charge in [0.1, 0.15) is 16.7 Å². The minimum absolute atomic E-state index is 0. The van der Waals surface area contributed by atoms with Gasteiger partial charge in [-0.15, -0.1) is 12.4 Å². The molecule has 2 aliphatic rings. The summed E-state index contributed by atoms with van der Waals surface area (Å²) < 4.78 is 31.5. The van der Waals surface area contributed by atoms with Crippen LogP contribution in [0, 0.1) is 11.3 Å². The number of hydrogen-bond donors (Lipinski definition) is 2. The van der Waals surface area contributed by atoms with Gasteiger partial charge < -0.3 is 14.5 Å². The fourth-order valence-electron chi connectivity index (χ4n) is 5.36. The lowest BCUT2D eigenvalue weighted by atomic mass is 9.99. The number of aromatic amines is 1. The molecule has 0 spiro atoms. The molecule has 0 unspecified atom stereocenters. The summed E-state index contributed by atoms with van der Waals surface area (Å²) in [6, 6.07) is 19.4. The van der Waals surface area contributed by atoms with Crippen LogP contribution in [-0.4, -0.2) is 37.3 Å². The first-order chi connectivity index (χ1) is 18.4. The molecule has 0 bridgehead atoms. The molecule has 3 aromatic carbocycles. The summed E-state index contributed by atoms with van der Waals surface area (Å²) >= 11 is 0. The van der Waals surface area contributed by atoms with Gasteiger partial charge in [-0.3, -0.25) is 9.69 Å². The van der Waals surface area contributed by atoms with Crippen molar-refractivity contribution in [1.29, 1.82) is 5.26 Å². The molecule has 0 saturated carbocycles. The molecule has 10 heteroatoms. The van der Waals surface area contributed by atoms with Crippen molar-refractivity contribution in [3.8, 4) is 23.1 Å². The maximum absolute atomic E-state index is 13.0. The maximum Gasteiger partial charge on any atom is 0.340 e. The Bertz CT molecular complexity index is 1720. The zero-order chi connectivity index (χ0) is 26.3. The van der Waals surface area contributed by atoms with E-state index in [1.54, 1.807) is 18.2 Å². The third-order valence-corrected chi connectivity index (χ3v) is 8.52. The number of nitrogens with one attached hydrogen (secondary N) is 2. The van der Waals surface area contributed by atoms with Crippen molar-refractivity contribution in [3.05, 3.63) is 82.9 Å². The van der Waals surface area contributed by atoms with Crippen LogP contribution in [-0.2, 0) is 23.2 Å². The highest BCUT2D eigenvalue weighted by molar-refractivity contribution is 7.87. The predicted molar refractivity (Wildman–Crippen MR) is 150 cm³/mol. The second-order valence-electron chi connectivity index (χ2n) is 9.73. The summed E-state index contributed by atoms with van der Waals surface area (Å²) in [6.07, 6.45) is 3.79. The first-order valence-corrected chi connectivity index (χ1v) is 14.1. The number of likely N-dealkylation sites (tertiary alicyclic amines) is 1. The number of carbonyl (C=O) groups excluding carboxylic acids is 1. The van der Waals surface area contributed by atoms with Crippen molar-refractivity contribution in [2.75, 3.05) is 13.1 Å². The highest BCUT2D eigenvalue weighted by Crippen LogP contribution is 2.37. The normalized spacial score (nSPS) is 15.3. The number of carbonyl (C=O) groups is 1. The van der Waals surface area contributed by atoms with Crippen molar-refractivity contribution in [1.82, 2.24) is 15.2 Å². The van der Waals surface area contributed by atoms with E-state index in [9.17, 15) is 18.5 Å². The molecule has 0 atom stereocenters. The zero-order valence-corrected chi connectivity index (χ0v) is 22.7. The Kier molecular flexibility index (Phi) is 7.36. The molecule has 39 heavy (non-hydrogen) atoms. The van der Waals surface area contributed by atoms with Gasteiger partial charge in [0.15, 0.2) is 0 Å². The van der Waals surface area contributed by atoms with Gasteiger partial charge in [-0.05, 0) is 74.0 Å². The molecule has 8 nitrogen and oxygen atoms in total. The molecule has 3 heterocycles. The fraction of sp³-hybridized carbons (Fsp3) is 0.241. The summed E-state index contributed by atoms with van der Waals surface area (Å²) in [6.45, 7) is 3.32. The van der Waals surface area contributed by atoms with E-state index in [0.29, 0.717) is 16.7 Å². The second kappa shape index (κ2) is 10.7. The fourth-order valence-corrected chi connectivity index (χ4v) is 6.48. The van der Waals surface area contributed by atoms with Gasteiger partial charge in [-0.25, -0.2) is 0 Å². The number of benzene rings is 3. The molecule has 1 fully saturated rings. The van der Waals surface area contributed by atoms with E-state index in [1.165, 1.54) is 43.0 Å². The van der Waals surface area contributed by atoms with Crippen molar-refractivity contribution < 1.29 is 17.4 Å². The largest absolute Gasteiger partial charge is 0.379 e. The van der Waals surface area contributed by atoms with Crippen LogP contribution in [0.15, 0.2) is 65.6 Å². The quantitative estimate of drug-likeness (QED) is 0.315. The van der Waals surface area contributed by atoms with E-state index >= 15 is 0 Å². The van der Waals surface area contributed by atoms with Crippen molar-refractivity contribution in [2.24, 2.45) is 0 Å². The Morgan fingerprint density at radius 2 is 1.79 bits per heavy atom. The zero-order valence-electron chi connectivity index (χ0n) is 21.1. The van der Waals surface area contributed by atoms with Gasteiger partial charge in [0.25, 0.3) is 5.91 Å². The van der Waals surface area contributed by atoms with Crippen LogP contribution in [0.3, 0.4) is 0 Å². The van der Waals surface area contributed by atoms with Crippen molar-refractivity contribution >= 4 is 39.3 Å². The Labute approximate surface area is 233 Å². The molecular formula is C29H27ClN4O4S. The summed E-state index contributed by atoms with van der Waals surface area (Å²) in [5.41, 5.74) is 4.50. The number of nitrogens with zero attached hydrogens (tertiary/aromatic N) is 2. The van der Waals surface area contributed by atoms with Crippen LogP contribution in [0.5, 0.6) is 5.75 Å². The van der Waals surface area contributed by atoms with Crippen LogP contribution < -0.4 is 9.50 Å². The molecule has 6 rings (SSSR count). The molecule has 200 valence electrons. The Hall–Kier alpha value is -3.84. The van der Waals surface area contributed by atoms with Gasteiger partial charge in [0.05, 0.1) is 11.1 Å². The summed E-state index contributed by atoms with van der Waals surface area (Å²) in [5, 5.41) is 13.2. The first-order valence-electron chi connectivity index (χ1n) is 12.6. The van der Waals surface area contributed by atoms with Crippen LogP contribution in [0.4, 0.5) is 0 Å². The number of piperidine rings is 1. The maximum atomic E-state index is 13.0. The summed E-state index contributed by atoms with van der Waals surface area (Å²) in [5.74, 6) is -0.227. The molecule has 2 aliphatic heterocycles. The molecule has 2 N–H and O–H groups in total. The van der Waals surface area contributed by atoms with Crippen molar-refractivity contribution in [3.63, 3.8) is 0 Å². The average Bonchev–Trinajstić information content (AvgIpc) is 3.53. The molecule has 1 amide bonds. The topological polar surface area (TPSA) is 115 Å². The SMILES string of the molecule is Cl.N#Cc1ccccc1S(=O)(=O)Oc1ccc(-c2cc3cc(CN4CCCCC4)ccc3[nH]2)c2c1CNC2=O. The molecule has 4 aromatic rings. The number of fused-ring (bicyclic) bond motifs is 2. The van der Waals surface area contributed by atoms with Crippen LogP contribution >= 0.6 is 12.4 Å². The lowest BCUT2D eigenvalue weighted by Crippen LogP contribution is -2.28. The summed E-state index contributed by atoms with van der Waals surface area (Å²) in [7, 11) is -4.28. The van der Waals surface area contributed by atoms with Gasteiger partial charge in [-0.1, -0.05) is 24.6 Å². The predicted octanol–water partition coefficient (Wildman–Crippen LogP) is 5.13. The van der Waals surface area contributed by atoms with Gasteiger partial charge >= 0.3 is 10.1 Å². The smallest absolute Gasteiger partial charge is 0.340 e. The monoisotopic (exact) mass is 562 g/mol. The van der Waals surface area contributed by atoms with E-state index in [1.807, 2.05) is 12.1 Å². The number of H-pyrrole nitrogens is 1. The number of rotatable bonds is 6. The van der Waals surface area contributed by atoms with Crippen LogP contribution in [0.2, 0.25) is 0 Å². The van der Waals surface area contributed by atoms with Gasteiger partial charge in [0, 0.05) is 40.8 Å². The number of aromatic nitrogens is 1. The Morgan fingerprint density at radius 1 is 1.00 bits per heavy atom. The molecule has 1 aromatic heterocycles. The molecule has 1 saturated heterocycles. The number of nitriles is 1. The third-order valence-electron chi connectivity index (χ3n) is 7.23. The van der Waals surface area contributed by atoms with E-state index < -0.39 is 10.1 Å². The van der Waals surface area contributed by atoms with E-state index in [4.69, 9.17) is 4.18 Å². The lowest BCUT2D eigenvalue weighted by Gasteiger charge is -2.26. The van der Waals surface area contributed by atoms with Crippen LogP contribution in [0.1, 0.15) is 46.3 Å². The molecule has 0 aliphatic carbocycles. The third kappa shape index (κ3) is 5.11. The van der Waals surface area contributed by atoms with E-state index in [0.717, 1.165) is 36.2 Å². The standard InChI is InChI=1S/C29H26N4O4S.ClH/c30-16-20-6-2-3-7-27(20)38(35,36)37-26-11-9-22(28-23(26)17-31-29(28)34)25-15-21-14-19(8-10-24(21)32-25)18-33-12-4-1-5-13-33;/h2-3,6-11,14-15,32H,1,4-5,12-13,17-18H2,(H,31,34);1H. The Balaban J connectivity index is 0.00000308. The Morgan fingerprint density at radius 3 is 2.59 bits per heavy atom. The number of halogens is 1. The molecular weight excluding hydrogens is 536 g/mol. The average molecular weight is 563 g/mol. The molecule has 0 radical (unpaired) electrons. The lowest BCUT2D eigenvalue weighted by molar-refractivity contribution is 0.0966. The minimum Gasteiger partial charge on any atom is -0.379 e. The van der Waals surface area contributed by atoms with E-state index in [-0.39, 0.29) is 41.1 Å².